The van der Waals surface area contributed by atoms with Crippen molar-refractivity contribution in [2.75, 3.05) is 19.8 Å². The van der Waals surface area contributed by atoms with Crippen molar-refractivity contribution >= 4 is 129 Å². The number of thiophene rings is 6. The molecule has 0 N–H and O–H groups in total. The van der Waals surface area contributed by atoms with Crippen molar-refractivity contribution < 1.29 is 38.2 Å². The number of hydrogen-bond acceptors (Lipinski definition) is 15. The molecule has 0 saturated carbocycles. The number of rotatable bonds is 38. The largest absolute Gasteiger partial charge is 0.462 e. The number of unbranched alkanes of at least 4 members (excludes halogenated alkanes) is 27. The second-order valence-electron chi connectivity index (χ2n) is 22.3. The van der Waals surface area contributed by atoms with Crippen LogP contribution >= 0.6 is 79.8 Å². The van der Waals surface area contributed by atoms with E-state index in [9.17, 15) is 24.0 Å². The number of hydrogen-bond donors (Lipinski definition) is 0. The Morgan fingerprint density at radius 3 is 1.21 bits per heavy atom. The van der Waals surface area contributed by atoms with Crippen LogP contribution in [0.3, 0.4) is 0 Å². The average Bonchev–Trinajstić information content (AvgIpc) is 1.63. The number of allylic oxidation sites excluding steroid dienone is 3. The van der Waals surface area contributed by atoms with Crippen LogP contribution in [-0.2, 0) is 14.2 Å². The van der Waals surface area contributed by atoms with Crippen LogP contribution in [-0.4, -0.2) is 49.3 Å². The zero-order valence-electron chi connectivity index (χ0n) is 51.0. The summed E-state index contributed by atoms with van der Waals surface area (Å²) in [5, 5.41) is 13.2. The maximum atomic E-state index is 13.0. The highest BCUT2D eigenvalue weighted by Gasteiger charge is 2.42. The number of carbonyl (C=O) groups is 5. The molecule has 8 nitrogen and oxygen atoms in total. The Hall–Kier alpha value is -4.57. The van der Waals surface area contributed by atoms with Crippen molar-refractivity contribution in [3.8, 4) is 20.9 Å². The lowest BCUT2D eigenvalue weighted by atomic mass is 9.96. The van der Waals surface area contributed by atoms with E-state index in [-0.39, 0.29) is 29.5 Å². The molecule has 462 valence electrons. The molecule has 0 saturated heterocycles. The van der Waals surface area contributed by atoms with E-state index in [1.54, 1.807) is 40.2 Å². The van der Waals surface area contributed by atoms with Gasteiger partial charge in [0.1, 0.15) is 36.7 Å². The summed E-state index contributed by atoms with van der Waals surface area (Å²) >= 11 is 10.5. The van der Waals surface area contributed by atoms with Crippen molar-refractivity contribution in [3.63, 3.8) is 0 Å². The van der Waals surface area contributed by atoms with E-state index in [0.29, 0.717) is 55.4 Å². The van der Waals surface area contributed by atoms with Crippen molar-refractivity contribution in [1.29, 1.82) is 0 Å². The number of Topliss-reactive ketones (excluding diaryl/α,β-unsaturated/α-hetero) is 2. The standard InChI is InChI=1S/C44H58O4S4.C17H28O2S.C10H3O2S2/c1-3-5-7-9-11-13-15-17-19-21-29-47-43(45)37-25-23-35(51-37)39-33-27-31-50-42(33)40(34-28-32-49-41(34)39)36-24-26-38(52-36)44(46)48-30-22-20-18-16-14-12-10-8-6-4-2;1-2-3-4-5-6-7-8-9-10-11-14-19-17(18)16-13-12-15-20-16;11-7-5-1-3-13-9(5)8(12)6-2-4-14-10(6)7/h23-28,31-32H,3-22,29-30H2,1-2H3;12-13,15H,2-11,14H2,1H3;1-3H/q;;+1. The Bertz CT molecular complexity index is 3040. The monoisotopic (exact) mass is 1290 g/mol. The van der Waals surface area contributed by atoms with Gasteiger partial charge in [0.2, 0.25) is 5.78 Å². The molecule has 15 heteroatoms. The summed E-state index contributed by atoms with van der Waals surface area (Å²) in [4.78, 5) is 66.5. The summed E-state index contributed by atoms with van der Waals surface area (Å²) in [6, 6.07) is 17.8. The summed E-state index contributed by atoms with van der Waals surface area (Å²) in [6.07, 6.45) is 39.8. The molecular weight excluding hydrogens is 1210 g/mol. The van der Waals surface area contributed by atoms with Gasteiger partial charge in [0.15, 0.2) is 16.6 Å². The minimum atomic E-state index is -0.223. The van der Waals surface area contributed by atoms with Gasteiger partial charge in [-0.15, -0.1) is 68.0 Å². The van der Waals surface area contributed by atoms with Gasteiger partial charge >= 0.3 is 17.9 Å². The molecular formula is C71H89O8S7+. The van der Waals surface area contributed by atoms with Crippen molar-refractivity contribution in [2.24, 2.45) is 0 Å². The van der Waals surface area contributed by atoms with Crippen LogP contribution in [0.2, 0.25) is 0 Å². The smallest absolute Gasteiger partial charge is 0.348 e. The van der Waals surface area contributed by atoms with E-state index >= 15 is 0 Å². The first-order chi connectivity index (χ1) is 42.2. The molecule has 0 bridgehead atoms. The molecule has 6 aromatic heterocycles. The zero-order chi connectivity index (χ0) is 60.6. The highest BCUT2D eigenvalue weighted by molar-refractivity contribution is 8.05. The summed E-state index contributed by atoms with van der Waals surface area (Å²) in [7, 11) is 0. The number of ketones is 2. The SMILES string of the molecule is CCCCCCCCCCCCOC(=O)c1ccc(-c2c3ccsc3c(-c3ccc(C(=O)OCCCCCCCCCCCC)s3)c3ccsc23)s1.CCCCCCCCCCCCOC(=O)c1cccs1.O=C1C2=C(C=[C+]S2)C(=O)c2sccc21. The van der Waals surface area contributed by atoms with E-state index in [0.717, 1.165) is 41.9 Å². The first-order valence-electron chi connectivity index (χ1n) is 32.1. The summed E-state index contributed by atoms with van der Waals surface area (Å²) < 4.78 is 19.0. The van der Waals surface area contributed by atoms with Gasteiger partial charge in [0.25, 0.3) is 5.78 Å². The number of ether oxygens (including phenoxy) is 3. The summed E-state index contributed by atoms with van der Waals surface area (Å²) in [6.45, 7) is 8.30. The Morgan fingerprint density at radius 1 is 0.407 bits per heavy atom. The molecule has 0 amide bonds. The predicted molar refractivity (Wildman–Crippen MR) is 370 cm³/mol. The van der Waals surface area contributed by atoms with Gasteiger partial charge in [-0.2, -0.15) is 0 Å². The maximum Gasteiger partial charge on any atom is 0.348 e. The first kappa shape index (κ1) is 68.9. The number of esters is 3. The minimum Gasteiger partial charge on any atom is -0.462 e. The average molecular weight is 1290 g/mol. The Balaban J connectivity index is 0.000000250. The van der Waals surface area contributed by atoms with E-state index in [1.165, 1.54) is 249 Å². The second kappa shape index (κ2) is 39.4. The van der Waals surface area contributed by atoms with E-state index in [4.69, 9.17) is 14.2 Å². The minimum absolute atomic E-state index is 0.0397. The van der Waals surface area contributed by atoms with Gasteiger partial charge in [-0.3, -0.25) is 9.59 Å². The van der Waals surface area contributed by atoms with E-state index in [1.807, 2.05) is 29.6 Å². The molecule has 1 aliphatic heterocycles. The molecule has 86 heavy (non-hydrogen) atoms. The number of benzene rings is 1. The maximum absolute atomic E-state index is 13.0. The third kappa shape index (κ3) is 21.3. The van der Waals surface area contributed by atoms with Gasteiger partial charge in [0, 0.05) is 46.6 Å². The third-order valence-electron chi connectivity index (χ3n) is 15.5. The Morgan fingerprint density at radius 2 is 0.802 bits per heavy atom. The molecule has 0 spiro atoms. The second-order valence-corrected chi connectivity index (χ2v) is 29.0. The van der Waals surface area contributed by atoms with Crippen molar-refractivity contribution in [1.82, 2.24) is 0 Å². The topological polar surface area (TPSA) is 113 Å². The molecule has 2 aliphatic rings. The predicted octanol–water partition coefficient (Wildman–Crippen LogP) is 24.0. The van der Waals surface area contributed by atoms with Gasteiger partial charge in [-0.1, -0.05) is 200 Å². The lowest BCUT2D eigenvalue weighted by Gasteiger charge is -2.10. The molecule has 0 fully saturated rings. The van der Waals surface area contributed by atoms with Gasteiger partial charge < -0.3 is 14.2 Å². The first-order valence-corrected chi connectivity index (χ1v) is 38.0. The van der Waals surface area contributed by atoms with Crippen LogP contribution in [0.1, 0.15) is 262 Å². The fourth-order valence-electron chi connectivity index (χ4n) is 10.7. The highest BCUT2D eigenvalue weighted by atomic mass is 32.2. The molecule has 7 heterocycles. The molecule has 0 radical (unpaired) electrons. The van der Waals surface area contributed by atoms with Gasteiger partial charge in [-0.05, 0) is 89.3 Å². The third-order valence-corrected chi connectivity index (χ3v) is 22.2. The summed E-state index contributed by atoms with van der Waals surface area (Å²) in [5.41, 5.74) is 3.41. The molecule has 1 aliphatic carbocycles. The molecule has 0 unspecified atom stereocenters. The number of thioether (sulfide) groups is 1. The normalized spacial score (nSPS) is 12.5. The lowest BCUT2D eigenvalue weighted by molar-refractivity contribution is 0.0494. The quantitative estimate of drug-likeness (QED) is 0.0162. The highest BCUT2D eigenvalue weighted by Crippen LogP contribution is 2.50. The fraction of sp³-hybridized carbons (Fsp3) is 0.507. The van der Waals surface area contributed by atoms with Gasteiger partial charge in [0.05, 0.1) is 19.8 Å². The number of carbonyl (C=O) groups excluding carboxylic acids is 5. The Labute approximate surface area is 540 Å². The van der Waals surface area contributed by atoms with Crippen molar-refractivity contribution in [2.45, 2.75) is 213 Å². The van der Waals surface area contributed by atoms with Crippen LogP contribution < -0.4 is 0 Å². The number of fused-ring (bicyclic) bond motifs is 3. The van der Waals surface area contributed by atoms with Crippen LogP contribution in [0.5, 0.6) is 0 Å². The molecule has 0 atom stereocenters. The van der Waals surface area contributed by atoms with E-state index < -0.39 is 0 Å². The van der Waals surface area contributed by atoms with Crippen LogP contribution in [0.4, 0.5) is 0 Å². The van der Waals surface area contributed by atoms with E-state index in [2.05, 4.69) is 61.2 Å². The molecule has 1 aromatic carbocycles. The van der Waals surface area contributed by atoms with Crippen molar-refractivity contribution in [3.05, 3.63) is 123 Å². The molecule has 9 rings (SSSR count). The molecule has 7 aromatic rings. The Kier molecular flexibility index (Phi) is 31.6. The van der Waals surface area contributed by atoms with Crippen LogP contribution in [0.25, 0.3) is 41.1 Å². The van der Waals surface area contributed by atoms with Crippen LogP contribution in [0, 0.1) is 5.41 Å². The fourth-order valence-corrected chi connectivity index (χ4v) is 16.9. The van der Waals surface area contributed by atoms with Gasteiger partial charge in [-0.25, -0.2) is 14.4 Å². The lowest BCUT2D eigenvalue weighted by Crippen LogP contribution is -2.15. The summed E-state index contributed by atoms with van der Waals surface area (Å²) in [5.74, 6) is -0.696. The zero-order valence-corrected chi connectivity index (χ0v) is 56.8. The van der Waals surface area contributed by atoms with Crippen LogP contribution in [0.15, 0.2) is 92.7 Å².